The van der Waals surface area contributed by atoms with Crippen LogP contribution in [0.1, 0.15) is 25.0 Å². The molecule has 0 unspecified atom stereocenters. The van der Waals surface area contributed by atoms with Gasteiger partial charge in [-0.25, -0.2) is 0 Å². The second-order valence-electron chi connectivity index (χ2n) is 8.22. The lowest BCUT2D eigenvalue weighted by Crippen LogP contribution is -2.52. The van der Waals surface area contributed by atoms with Gasteiger partial charge in [-0.3, -0.25) is 9.59 Å². The molecule has 0 aliphatic rings. The third-order valence-electron chi connectivity index (χ3n) is 5.18. The van der Waals surface area contributed by atoms with Gasteiger partial charge in [-0.2, -0.15) is 0 Å². The van der Waals surface area contributed by atoms with Crippen LogP contribution < -0.4 is 10.1 Å². The van der Waals surface area contributed by atoms with Gasteiger partial charge in [0.15, 0.2) is 6.61 Å². The Morgan fingerprint density at radius 2 is 1.62 bits per heavy atom. The lowest BCUT2D eigenvalue weighted by Gasteiger charge is -2.32. The fourth-order valence-corrected chi connectivity index (χ4v) is 3.96. The summed E-state index contributed by atoms with van der Waals surface area (Å²) in [5, 5.41) is 3.51. The number of ether oxygens (including phenoxy) is 1. The predicted octanol–water partition coefficient (Wildman–Crippen LogP) is 5.65. The summed E-state index contributed by atoms with van der Waals surface area (Å²) in [4.78, 5) is 28.4. The molecule has 7 heteroatoms. The Hall–Kier alpha value is -2.83. The Labute approximate surface area is 214 Å². The van der Waals surface area contributed by atoms with E-state index in [0.29, 0.717) is 17.2 Å². The number of hydrogen-bond acceptors (Lipinski definition) is 3. The summed E-state index contributed by atoms with van der Waals surface area (Å²) in [6.07, 6.45) is 0.369. The van der Waals surface area contributed by atoms with E-state index in [-0.39, 0.29) is 31.0 Å². The third-order valence-corrected chi connectivity index (χ3v) is 6.07. The van der Waals surface area contributed by atoms with Gasteiger partial charge in [0, 0.05) is 28.5 Å². The van der Waals surface area contributed by atoms with Crippen molar-refractivity contribution in [1.29, 1.82) is 0 Å². The number of rotatable bonds is 10. The normalized spacial score (nSPS) is 11.7. The highest BCUT2D eigenvalue weighted by Gasteiger charge is 2.31. The lowest BCUT2D eigenvalue weighted by atomic mass is 10.0. The molecule has 3 aromatic carbocycles. The van der Waals surface area contributed by atoms with Crippen molar-refractivity contribution < 1.29 is 14.3 Å². The van der Waals surface area contributed by atoms with Gasteiger partial charge in [-0.05, 0) is 55.3 Å². The number of amides is 2. The molecule has 0 aliphatic carbocycles. The molecule has 3 aromatic rings. The number of nitrogens with one attached hydrogen (secondary N) is 1. The van der Waals surface area contributed by atoms with Gasteiger partial charge in [-0.1, -0.05) is 76.1 Å². The zero-order chi connectivity index (χ0) is 24.5. The number of carbonyl (C=O) groups is 2. The number of nitrogens with zero attached hydrogens (tertiary/aromatic N) is 1. The molecule has 5 nitrogen and oxygen atoms in total. The number of halogens is 2. The molecule has 2 amide bonds. The van der Waals surface area contributed by atoms with Gasteiger partial charge >= 0.3 is 0 Å². The Bertz CT molecular complexity index is 1090. The van der Waals surface area contributed by atoms with Crippen molar-refractivity contribution >= 4 is 39.3 Å². The minimum atomic E-state index is -0.734. The highest BCUT2D eigenvalue weighted by molar-refractivity contribution is 9.10. The van der Waals surface area contributed by atoms with Crippen LogP contribution in [-0.4, -0.2) is 35.4 Å². The zero-order valence-electron chi connectivity index (χ0n) is 19.2. The van der Waals surface area contributed by atoms with Gasteiger partial charge in [0.05, 0.1) is 0 Å². The smallest absolute Gasteiger partial charge is 0.261 e. The fraction of sp³-hybridized carbons (Fsp3) is 0.259. The molecule has 0 aromatic heterocycles. The molecule has 0 saturated carbocycles. The van der Waals surface area contributed by atoms with Crippen molar-refractivity contribution in [3.05, 3.63) is 99.5 Å². The summed E-state index contributed by atoms with van der Waals surface area (Å²) in [5.74, 6) is 0.0473. The Kier molecular flexibility index (Phi) is 9.54. The van der Waals surface area contributed by atoms with Crippen molar-refractivity contribution in [2.45, 2.75) is 38.9 Å². The predicted molar refractivity (Wildman–Crippen MR) is 139 cm³/mol. The topological polar surface area (TPSA) is 58.6 Å². The van der Waals surface area contributed by atoms with Crippen LogP contribution in [0.5, 0.6) is 5.75 Å². The molecule has 1 N–H and O–H groups in total. The SMILES string of the molecule is CC(C)NC(=O)[C@@H](Cc1ccccc1)N(Cc1ccccc1Cl)C(=O)COc1ccc(Br)cc1. The van der Waals surface area contributed by atoms with Crippen molar-refractivity contribution in [3.8, 4) is 5.75 Å². The molecule has 0 aliphatic heterocycles. The fourth-order valence-electron chi connectivity index (χ4n) is 3.50. The second-order valence-corrected chi connectivity index (χ2v) is 9.55. The summed E-state index contributed by atoms with van der Waals surface area (Å²) in [6, 6.07) is 23.4. The van der Waals surface area contributed by atoms with Crippen molar-refractivity contribution in [3.63, 3.8) is 0 Å². The number of hydrogen-bond donors (Lipinski definition) is 1. The molecule has 0 spiro atoms. The second kappa shape index (κ2) is 12.6. The van der Waals surface area contributed by atoms with E-state index < -0.39 is 6.04 Å². The van der Waals surface area contributed by atoms with Gasteiger partial charge in [0.2, 0.25) is 5.91 Å². The summed E-state index contributed by atoms with van der Waals surface area (Å²) < 4.78 is 6.67. The molecule has 0 radical (unpaired) electrons. The van der Waals surface area contributed by atoms with Crippen molar-refractivity contribution in [1.82, 2.24) is 10.2 Å². The van der Waals surface area contributed by atoms with Crippen LogP contribution in [0.4, 0.5) is 0 Å². The maximum Gasteiger partial charge on any atom is 0.261 e. The molecule has 1 atom stereocenters. The lowest BCUT2D eigenvalue weighted by molar-refractivity contribution is -0.143. The van der Waals surface area contributed by atoms with Crippen LogP contribution in [0.3, 0.4) is 0 Å². The molecule has 0 saturated heterocycles. The van der Waals surface area contributed by atoms with E-state index in [4.69, 9.17) is 16.3 Å². The number of benzene rings is 3. The average Bonchev–Trinajstić information content (AvgIpc) is 2.82. The van der Waals surface area contributed by atoms with Gasteiger partial charge in [0.25, 0.3) is 5.91 Å². The standard InChI is InChI=1S/C27H28BrClN2O3/c1-19(2)30-27(33)25(16-20-8-4-3-5-9-20)31(17-21-10-6-7-11-24(21)29)26(32)18-34-23-14-12-22(28)13-15-23/h3-15,19,25H,16-18H2,1-2H3,(H,30,33)/t25-/m1/s1. The van der Waals surface area contributed by atoms with Crippen LogP contribution in [-0.2, 0) is 22.6 Å². The first-order valence-corrected chi connectivity index (χ1v) is 12.3. The minimum Gasteiger partial charge on any atom is -0.484 e. The molecule has 0 bridgehead atoms. The molecule has 0 heterocycles. The van der Waals surface area contributed by atoms with E-state index >= 15 is 0 Å². The quantitative estimate of drug-likeness (QED) is 0.360. The Morgan fingerprint density at radius 1 is 0.971 bits per heavy atom. The highest BCUT2D eigenvalue weighted by atomic mass is 79.9. The van der Waals surface area contributed by atoms with Gasteiger partial charge in [-0.15, -0.1) is 0 Å². The van der Waals surface area contributed by atoms with Gasteiger partial charge in [0.1, 0.15) is 11.8 Å². The van der Waals surface area contributed by atoms with Crippen LogP contribution in [0.2, 0.25) is 5.02 Å². The van der Waals surface area contributed by atoms with E-state index in [0.717, 1.165) is 15.6 Å². The molecule has 34 heavy (non-hydrogen) atoms. The molecule has 178 valence electrons. The first kappa shape index (κ1) is 25.8. The average molecular weight is 544 g/mol. The minimum absolute atomic E-state index is 0.0675. The van der Waals surface area contributed by atoms with Crippen LogP contribution >= 0.6 is 27.5 Å². The van der Waals surface area contributed by atoms with Crippen LogP contribution in [0.15, 0.2) is 83.3 Å². The van der Waals surface area contributed by atoms with Gasteiger partial charge < -0.3 is 15.0 Å². The van der Waals surface area contributed by atoms with E-state index in [2.05, 4.69) is 21.2 Å². The van der Waals surface area contributed by atoms with Crippen molar-refractivity contribution in [2.75, 3.05) is 6.61 Å². The maximum atomic E-state index is 13.5. The van der Waals surface area contributed by atoms with E-state index in [1.807, 2.05) is 74.5 Å². The van der Waals surface area contributed by atoms with Crippen LogP contribution in [0.25, 0.3) is 0 Å². The first-order valence-electron chi connectivity index (χ1n) is 11.1. The summed E-state index contributed by atoms with van der Waals surface area (Å²) in [6.45, 7) is 3.78. The Morgan fingerprint density at radius 3 is 2.26 bits per heavy atom. The largest absolute Gasteiger partial charge is 0.484 e. The van der Waals surface area contributed by atoms with Crippen molar-refractivity contribution in [2.24, 2.45) is 0 Å². The first-order chi connectivity index (χ1) is 16.3. The molecule has 3 rings (SSSR count). The zero-order valence-corrected chi connectivity index (χ0v) is 21.6. The summed E-state index contributed by atoms with van der Waals surface area (Å²) in [7, 11) is 0. The summed E-state index contributed by atoms with van der Waals surface area (Å²) >= 11 is 9.81. The summed E-state index contributed by atoms with van der Waals surface area (Å²) in [5.41, 5.74) is 1.72. The monoisotopic (exact) mass is 542 g/mol. The highest BCUT2D eigenvalue weighted by Crippen LogP contribution is 2.21. The maximum absolute atomic E-state index is 13.5. The van der Waals surface area contributed by atoms with E-state index in [1.54, 1.807) is 23.1 Å². The van der Waals surface area contributed by atoms with E-state index in [9.17, 15) is 9.59 Å². The molecule has 0 fully saturated rings. The number of carbonyl (C=O) groups excluding carboxylic acids is 2. The molecular weight excluding hydrogens is 516 g/mol. The van der Waals surface area contributed by atoms with Crippen LogP contribution in [0, 0.1) is 0 Å². The third kappa shape index (κ3) is 7.61. The van der Waals surface area contributed by atoms with E-state index in [1.165, 1.54) is 0 Å². The molecular formula is C27H28BrClN2O3. The Balaban J connectivity index is 1.91.